The average molecular weight is 259 g/mol. The van der Waals surface area contributed by atoms with Crippen molar-refractivity contribution in [2.24, 2.45) is 0 Å². The van der Waals surface area contributed by atoms with Gasteiger partial charge >= 0.3 is 0 Å². The van der Waals surface area contributed by atoms with Crippen molar-refractivity contribution in [3.05, 3.63) is 48.0 Å². The van der Waals surface area contributed by atoms with Gasteiger partial charge in [0, 0.05) is 12.4 Å². The Morgan fingerprint density at radius 3 is 2.47 bits per heavy atom. The second-order valence-electron chi connectivity index (χ2n) is 3.97. The summed E-state index contributed by atoms with van der Waals surface area (Å²) >= 11 is 0. The van der Waals surface area contributed by atoms with Crippen molar-refractivity contribution < 1.29 is 9.47 Å². The lowest BCUT2D eigenvalue weighted by molar-refractivity contribution is 0.354. The minimum atomic E-state index is -0.0338. The first-order valence-corrected chi connectivity index (χ1v) is 5.95. The van der Waals surface area contributed by atoms with Gasteiger partial charge in [-0.2, -0.15) is 0 Å². The van der Waals surface area contributed by atoms with Gasteiger partial charge in [0.1, 0.15) is 0 Å². The van der Waals surface area contributed by atoms with E-state index in [-0.39, 0.29) is 6.04 Å². The Kier molecular flexibility index (Phi) is 4.30. The van der Waals surface area contributed by atoms with E-state index in [0.717, 1.165) is 11.3 Å². The van der Waals surface area contributed by atoms with E-state index in [1.165, 1.54) is 0 Å². The van der Waals surface area contributed by atoms with Crippen molar-refractivity contribution in [1.82, 2.24) is 15.3 Å². The van der Waals surface area contributed by atoms with E-state index in [1.54, 1.807) is 32.8 Å². The molecule has 2 rings (SSSR count). The van der Waals surface area contributed by atoms with Crippen LogP contribution in [0, 0.1) is 0 Å². The minimum Gasteiger partial charge on any atom is -0.493 e. The average Bonchev–Trinajstić information content (AvgIpc) is 2.49. The van der Waals surface area contributed by atoms with E-state index in [2.05, 4.69) is 15.3 Å². The first-order chi connectivity index (χ1) is 9.30. The summed E-state index contributed by atoms with van der Waals surface area (Å²) in [6.45, 7) is 0. The van der Waals surface area contributed by atoms with Crippen LogP contribution in [0.1, 0.15) is 17.3 Å². The summed E-state index contributed by atoms with van der Waals surface area (Å²) in [4.78, 5) is 8.42. The number of aromatic nitrogens is 2. The molecule has 0 amide bonds. The van der Waals surface area contributed by atoms with E-state index >= 15 is 0 Å². The minimum absolute atomic E-state index is 0.0338. The van der Waals surface area contributed by atoms with E-state index in [9.17, 15) is 0 Å². The van der Waals surface area contributed by atoms with Gasteiger partial charge in [-0.25, -0.2) is 0 Å². The molecule has 1 heterocycles. The van der Waals surface area contributed by atoms with E-state index in [0.29, 0.717) is 11.5 Å². The molecule has 100 valence electrons. The number of methoxy groups -OCH3 is 2. The summed E-state index contributed by atoms with van der Waals surface area (Å²) in [5.74, 6) is 1.41. The van der Waals surface area contributed by atoms with Crippen LogP contribution in [0.5, 0.6) is 11.5 Å². The van der Waals surface area contributed by atoms with Gasteiger partial charge in [-0.1, -0.05) is 6.07 Å². The molecule has 1 aromatic carbocycles. The Labute approximate surface area is 112 Å². The number of benzene rings is 1. The monoisotopic (exact) mass is 259 g/mol. The van der Waals surface area contributed by atoms with E-state index < -0.39 is 0 Å². The van der Waals surface area contributed by atoms with Crippen LogP contribution in [-0.4, -0.2) is 31.2 Å². The Morgan fingerprint density at radius 1 is 1.11 bits per heavy atom. The van der Waals surface area contributed by atoms with E-state index in [1.807, 2.05) is 25.2 Å². The summed E-state index contributed by atoms with van der Waals surface area (Å²) in [5, 5.41) is 3.22. The molecule has 0 aliphatic carbocycles. The van der Waals surface area contributed by atoms with Crippen LogP contribution in [0.3, 0.4) is 0 Å². The maximum Gasteiger partial charge on any atom is 0.161 e. The van der Waals surface area contributed by atoms with Crippen LogP contribution in [0.15, 0.2) is 36.8 Å². The number of hydrogen-bond acceptors (Lipinski definition) is 5. The lowest BCUT2D eigenvalue weighted by atomic mass is 10.0. The molecule has 19 heavy (non-hydrogen) atoms. The Hall–Kier alpha value is -2.14. The van der Waals surface area contributed by atoms with Crippen LogP contribution in [0.2, 0.25) is 0 Å². The first kappa shape index (κ1) is 13.3. The molecule has 2 aromatic rings. The van der Waals surface area contributed by atoms with Crippen molar-refractivity contribution in [2.75, 3.05) is 21.3 Å². The third-order valence-electron chi connectivity index (χ3n) is 2.91. The molecule has 1 unspecified atom stereocenters. The van der Waals surface area contributed by atoms with Crippen molar-refractivity contribution in [3.8, 4) is 11.5 Å². The lowest BCUT2D eigenvalue weighted by Gasteiger charge is -2.17. The second-order valence-corrected chi connectivity index (χ2v) is 3.97. The van der Waals surface area contributed by atoms with Crippen LogP contribution in [0.4, 0.5) is 0 Å². The highest BCUT2D eigenvalue weighted by molar-refractivity contribution is 5.45. The predicted molar refractivity (Wildman–Crippen MR) is 72.5 cm³/mol. The quantitative estimate of drug-likeness (QED) is 0.887. The zero-order valence-electron chi connectivity index (χ0n) is 11.3. The van der Waals surface area contributed by atoms with Gasteiger partial charge < -0.3 is 14.8 Å². The molecule has 5 nitrogen and oxygen atoms in total. The highest BCUT2D eigenvalue weighted by Crippen LogP contribution is 2.31. The molecular formula is C14H17N3O2. The van der Waals surface area contributed by atoms with Crippen LogP contribution in [-0.2, 0) is 0 Å². The van der Waals surface area contributed by atoms with Crippen LogP contribution >= 0.6 is 0 Å². The predicted octanol–water partition coefficient (Wildman–Crippen LogP) is 1.80. The fraction of sp³-hybridized carbons (Fsp3) is 0.286. The van der Waals surface area contributed by atoms with Gasteiger partial charge in [-0.05, 0) is 24.7 Å². The fourth-order valence-electron chi connectivity index (χ4n) is 1.98. The number of hydrogen-bond donors (Lipinski definition) is 1. The van der Waals surface area contributed by atoms with Gasteiger partial charge in [0.2, 0.25) is 0 Å². The molecule has 0 aliphatic rings. The van der Waals surface area contributed by atoms with Crippen molar-refractivity contribution >= 4 is 0 Å². The Morgan fingerprint density at radius 2 is 1.89 bits per heavy atom. The summed E-state index contributed by atoms with van der Waals surface area (Å²) in [6, 6.07) is 5.77. The molecule has 5 heteroatoms. The highest BCUT2D eigenvalue weighted by Gasteiger charge is 2.15. The molecule has 0 aliphatic heterocycles. The smallest absolute Gasteiger partial charge is 0.161 e. The van der Waals surface area contributed by atoms with Crippen molar-refractivity contribution in [2.45, 2.75) is 6.04 Å². The summed E-state index contributed by atoms with van der Waals surface area (Å²) in [5.41, 5.74) is 1.90. The third kappa shape index (κ3) is 2.82. The number of ether oxygens (including phenoxy) is 2. The first-order valence-electron chi connectivity index (χ1n) is 5.95. The molecule has 0 bridgehead atoms. The molecule has 0 saturated carbocycles. The molecule has 0 saturated heterocycles. The Bertz CT molecular complexity index is 531. The summed E-state index contributed by atoms with van der Waals surface area (Å²) < 4.78 is 10.6. The molecule has 1 N–H and O–H groups in total. The molecule has 0 radical (unpaired) electrons. The maximum atomic E-state index is 5.32. The molecule has 1 aromatic heterocycles. The zero-order valence-corrected chi connectivity index (χ0v) is 11.3. The van der Waals surface area contributed by atoms with Gasteiger partial charge in [0.05, 0.1) is 32.2 Å². The lowest BCUT2D eigenvalue weighted by Crippen LogP contribution is -2.19. The zero-order chi connectivity index (χ0) is 13.7. The third-order valence-corrected chi connectivity index (χ3v) is 2.91. The van der Waals surface area contributed by atoms with Crippen molar-refractivity contribution in [3.63, 3.8) is 0 Å². The normalized spacial score (nSPS) is 11.9. The highest BCUT2D eigenvalue weighted by atomic mass is 16.5. The van der Waals surface area contributed by atoms with Crippen molar-refractivity contribution in [1.29, 1.82) is 0 Å². The number of nitrogens with zero attached hydrogens (tertiary/aromatic N) is 2. The molecule has 1 atom stereocenters. The molecule has 0 spiro atoms. The largest absolute Gasteiger partial charge is 0.493 e. The van der Waals surface area contributed by atoms with Crippen LogP contribution < -0.4 is 14.8 Å². The second kappa shape index (κ2) is 6.15. The van der Waals surface area contributed by atoms with Gasteiger partial charge in [-0.15, -0.1) is 0 Å². The van der Waals surface area contributed by atoms with E-state index in [4.69, 9.17) is 9.47 Å². The topological polar surface area (TPSA) is 56.3 Å². The maximum absolute atomic E-state index is 5.32. The van der Waals surface area contributed by atoms with Gasteiger partial charge in [0.15, 0.2) is 11.5 Å². The van der Waals surface area contributed by atoms with Gasteiger partial charge in [0.25, 0.3) is 0 Å². The molecular weight excluding hydrogens is 242 g/mol. The summed E-state index contributed by atoms with van der Waals surface area (Å²) in [6.07, 6.45) is 5.09. The van der Waals surface area contributed by atoms with Crippen LogP contribution in [0.25, 0.3) is 0 Å². The number of nitrogens with one attached hydrogen (secondary N) is 1. The standard InChI is InChI=1S/C14H17N3O2/c1-15-14(11-9-16-6-7-17-11)10-4-5-12(18-2)13(8-10)19-3/h4-9,14-15H,1-3H3. The number of rotatable bonds is 5. The fourth-order valence-corrected chi connectivity index (χ4v) is 1.98. The Balaban J connectivity index is 2.39. The summed E-state index contributed by atoms with van der Waals surface area (Å²) in [7, 11) is 5.13. The van der Waals surface area contributed by atoms with Gasteiger partial charge in [-0.3, -0.25) is 9.97 Å². The SMILES string of the molecule is CNC(c1ccc(OC)c(OC)c1)c1cnccn1. The molecule has 0 fully saturated rings.